The van der Waals surface area contributed by atoms with Gasteiger partial charge in [0.05, 0.1) is 6.42 Å². The van der Waals surface area contributed by atoms with Gasteiger partial charge >= 0.3 is 14.8 Å². The Balaban J connectivity index is -0.0000000284. The van der Waals surface area contributed by atoms with E-state index in [0.29, 0.717) is 0 Å². The number of Topliss-reactive ketones (excluding diaryl/α,β-unsaturated/α-hetero) is 2. The van der Waals surface area contributed by atoms with Crippen LogP contribution in [0.3, 0.4) is 0 Å². The van der Waals surface area contributed by atoms with Crippen molar-refractivity contribution in [3.63, 3.8) is 0 Å². The van der Waals surface area contributed by atoms with Crippen molar-refractivity contribution < 1.29 is 42.5 Å². The SMILES string of the molecule is C.C.C.C.CC(=O)CC(O)C(C)=O.O=C(O)CC(O)C(=O)O.[H+].[H+]. The van der Waals surface area contributed by atoms with E-state index in [1.807, 2.05) is 0 Å². The average molecular weight is 330 g/mol. The van der Waals surface area contributed by atoms with E-state index in [1.165, 1.54) is 13.8 Å². The lowest BCUT2D eigenvalue weighted by atomic mass is 10.1. The number of aliphatic carboxylic acids is 2. The van der Waals surface area contributed by atoms with Gasteiger partial charge < -0.3 is 20.4 Å². The number of aliphatic hydroxyl groups is 2. The molecule has 0 saturated heterocycles. The summed E-state index contributed by atoms with van der Waals surface area (Å²) >= 11 is 0. The van der Waals surface area contributed by atoms with Crippen LogP contribution in [0.2, 0.25) is 0 Å². The minimum Gasteiger partial charge on any atom is -0.481 e. The first-order valence-electron chi connectivity index (χ1n) is 4.88. The zero-order valence-corrected chi connectivity index (χ0v) is 9.99. The van der Waals surface area contributed by atoms with Gasteiger partial charge in [0.15, 0.2) is 11.9 Å². The summed E-state index contributed by atoms with van der Waals surface area (Å²) in [4.78, 5) is 39.9. The Hall–Kier alpha value is -1.80. The Kier molecular flexibility index (Phi) is 32.2. The first-order valence-corrected chi connectivity index (χ1v) is 4.88. The Morgan fingerprint density at radius 1 is 0.818 bits per heavy atom. The second kappa shape index (κ2) is 19.2. The molecule has 0 saturated carbocycles. The molecule has 0 heterocycles. The lowest BCUT2D eigenvalue weighted by Gasteiger charge is -2.00. The number of carboxylic acids is 2. The second-order valence-electron chi connectivity index (χ2n) is 3.48. The van der Waals surface area contributed by atoms with E-state index in [1.54, 1.807) is 0 Å². The molecular weight excluding hydrogens is 296 g/mol. The molecular formula is C14H34O8+2. The van der Waals surface area contributed by atoms with Gasteiger partial charge in [-0.05, 0) is 13.8 Å². The van der Waals surface area contributed by atoms with Crippen LogP contribution in [0.15, 0.2) is 0 Å². The fraction of sp³-hybridized carbons (Fsp3) is 0.714. The smallest absolute Gasteiger partial charge is 0.481 e. The molecule has 8 heteroatoms. The first kappa shape index (κ1) is 36.9. The van der Waals surface area contributed by atoms with Gasteiger partial charge in [0.25, 0.3) is 0 Å². The van der Waals surface area contributed by atoms with Gasteiger partial charge in [-0.15, -0.1) is 0 Å². The summed E-state index contributed by atoms with van der Waals surface area (Å²) in [5, 5.41) is 32.9. The van der Waals surface area contributed by atoms with Crippen LogP contribution in [0.5, 0.6) is 0 Å². The Morgan fingerprint density at radius 2 is 1.18 bits per heavy atom. The maximum atomic E-state index is 10.3. The van der Waals surface area contributed by atoms with Gasteiger partial charge in [-0.25, -0.2) is 4.79 Å². The molecule has 0 bridgehead atoms. The normalized spacial score (nSPS) is 10.4. The van der Waals surface area contributed by atoms with Crippen LogP contribution in [0, 0.1) is 0 Å². The molecule has 0 aliphatic heterocycles. The number of carboxylic acid groups (broad SMARTS) is 2. The van der Waals surface area contributed by atoms with E-state index in [0.717, 1.165) is 0 Å². The molecule has 0 amide bonds. The van der Waals surface area contributed by atoms with Gasteiger partial charge in [0.1, 0.15) is 11.9 Å². The van der Waals surface area contributed by atoms with Crippen LogP contribution in [0.1, 0.15) is 59.2 Å². The van der Waals surface area contributed by atoms with E-state index in [9.17, 15) is 19.2 Å². The molecule has 8 nitrogen and oxygen atoms in total. The molecule has 4 N–H and O–H groups in total. The first-order chi connectivity index (χ1) is 8.07. The van der Waals surface area contributed by atoms with Crippen molar-refractivity contribution in [2.75, 3.05) is 0 Å². The van der Waals surface area contributed by atoms with E-state index in [4.69, 9.17) is 20.4 Å². The quantitative estimate of drug-likeness (QED) is 0.573. The number of carbonyl (C=O) groups is 4. The summed E-state index contributed by atoms with van der Waals surface area (Å²) in [6.45, 7) is 2.60. The molecule has 0 aromatic heterocycles. The minimum absolute atomic E-state index is 0. The summed E-state index contributed by atoms with van der Waals surface area (Å²) in [7, 11) is 0. The van der Waals surface area contributed by atoms with Gasteiger partial charge in [0.2, 0.25) is 0 Å². The second-order valence-corrected chi connectivity index (χ2v) is 3.48. The minimum atomic E-state index is -1.79. The lowest BCUT2D eigenvalue weighted by molar-refractivity contribution is -0.152. The zero-order valence-electron chi connectivity index (χ0n) is 12.0. The fourth-order valence-electron chi connectivity index (χ4n) is 0.669. The third-order valence-electron chi connectivity index (χ3n) is 1.60. The molecule has 0 fully saturated rings. The maximum absolute atomic E-state index is 10.3. The summed E-state index contributed by atoms with van der Waals surface area (Å²) in [6, 6.07) is 0. The fourth-order valence-corrected chi connectivity index (χ4v) is 0.669. The number of ketones is 2. The van der Waals surface area contributed by atoms with E-state index < -0.39 is 30.6 Å². The molecule has 0 aromatic carbocycles. The highest BCUT2D eigenvalue weighted by atomic mass is 16.4. The van der Waals surface area contributed by atoms with Crippen LogP contribution < -0.4 is 0 Å². The third kappa shape index (κ3) is 26.7. The summed E-state index contributed by atoms with van der Waals surface area (Å²) in [5.74, 6) is -3.37. The van der Waals surface area contributed by atoms with Crippen molar-refractivity contribution in [1.29, 1.82) is 0 Å². The largest absolute Gasteiger partial charge is 1.00 e. The van der Waals surface area contributed by atoms with Crippen molar-refractivity contribution >= 4 is 23.5 Å². The van der Waals surface area contributed by atoms with Crippen molar-refractivity contribution in [3.8, 4) is 0 Å². The van der Waals surface area contributed by atoms with Crippen LogP contribution in [0.4, 0.5) is 0 Å². The monoisotopic (exact) mass is 330 g/mol. The highest BCUT2D eigenvalue weighted by Gasteiger charge is 2.16. The average Bonchev–Trinajstić information content (AvgIpc) is 2.16. The highest BCUT2D eigenvalue weighted by molar-refractivity contribution is 5.86. The number of aliphatic hydroxyl groups excluding tert-OH is 2. The molecule has 0 rings (SSSR count). The summed E-state index contributed by atoms with van der Waals surface area (Å²) < 4.78 is 0. The Labute approximate surface area is 135 Å². The van der Waals surface area contributed by atoms with E-state index in [2.05, 4.69) is 0 Å². The van der Waals surface area contributed by atoms with Gasteiger partial charge in [-0.2, -0.15) is 0 Å². The van der Waals surface area contributed by atoms with Crippen LogP contribution in [0.25, 0.3) is 0 Å². The molecule has 0 radical (unpaired) electrons. The number of carbonyl (C=O) groups excluding carboxylic acids is 2. The molecule has 2 atom stereocenters. The lowest BCUT2D eigenvalue weighted by Crippen LogP contribution is -2.22. The Bertz CT molecular complexity index is 303. The standard InChI is InChI=1S/C6H10O3.C4H6O5.4CH4/c1-4(7)3-6(9)5(2)8;5-2(4(8)9)1-3(6)7;;;;/h6,9H,3H2,1-2H3;2,5H,1H2,(H,6,7)(H,8,9);4*1H4/p+2. The molecule has 0 aliphatic rings. The zero-order chi connectivity index (χ0) is 14.9. The summed E-state index contributed by atoms with van der Waals surface area (Å²) in [5.41, 5.74) is 0. The molecule has 136 valence electrons. The third-order valence-corrected chi connectivity index (χ3v) is 1.60. The van der Waals surface area contributed by atoms with Crippen LogP contribution >= 0.6 is 0 Å². The molecule has 22 heavy (non-hydrogen) atoms. The summed E-state index contributed by atoms with van der Waals surface area (Å²) in [6.07, 6.45) is -3.70. The molecule has 0 aliphatic carbocycles. The van der Waals surface area contributed by atoms with E-state index in [-0.39, 0.29) is 50.5 Å². The number of hydrogen-bond donors (Lipinski definition) is 4. The molecule has 0 spiro atoms. The van der Waals surface area contributed by atoms with Crippen LogP contribution in [-0.2, 0) is 19.2 Å². The Morgan fingerprint density at radius 3 is 1.27 bits per heavy atom. The van der Waals surface area contributed by atoms with E-state index >= 15 is 0 Å². The number of hydrogen-bond acceptors (Lipinski definition) is 6. The van der Waals surface area contributed by atoms with Gasteiger partial charge in [-0.3, -0.25) is 14.4 Å². The molecule has 2 unspecified atom stereocenters. The van der Waals surface area contributed by atoms with Gasteiger partial charge in [-0.1, -0.05) is 29.7 Å². The predicted octanol–water partition coefficient (Wildman–Crippen LogP) is 1.59. The topological polar surface area (TPSA) is 149 Å². The predicted molar refractivity (Wildman–Crippen MR) is 87.0 cm³/mol. The molecule has 0 aromatic rings. The van der Waals surface area contributed by atoms with Crippen molar-refractivity contribution in [2.24, 2.45) is 0 Å². The van der Waals surface area contributed by atoms with Crippen molar-refractivity contribution in [3.05, 3.63) is 0 Å². The number of rotatable bonds is 6. The maximum Gasteiger partial charge on any atom is 1.00 e. The van der Waals surface area contributed by atoms with Gasteiger partial charge in [0, 0.05) is 6.42 Å². The van der Waals surface area contributed by atoms with Crippen molar-refractivity contribution in [1.82, 2.24) is 0 Å². The highest BCUT2D eigenvalue weighted by Crippen LogP contribution is 1.92. The van der Waals surface area contributed by atoms with Crippen LogP contribution in [-0.4, -0.2) is 56.1 Å². The van der Waals surface area contributed by atoms with Crippen molar-refractivity contribution in [2.45, 2.75) is 68.6 Å².